The molecule has 6 nitrogen and oxygen atoms in total. The molecule has 152 valence electrons. The van der Waals surface area contributed by atoms with Crippen LogP contribution in [0.3, 0.4) is 0 Å². The maximum atomic E-state index is 13.1. The van der Waals surface area contributed by atoms with E-state index in [9.17, 15) is 4.79 Å². The number of hydrogen-bond donors (Lipinski definition) is 0. The lowest BCUT2D eigenvalue weighted by atomic mass is 10.2. The lowest BCUT2D eigenvalue weighted by molar-refractivity contribution is 0.310. The molecule has 0 spiro atoms. The van der Waals surface area contributed by atoms with Gasteiger partial charge in [-0.2, -0.15) is 9.78 Å². The van der Waals surface area contributed by atoms with E-state index in [1.54, 1.807) is 25.3 Å². The summed E-state index contributed by atoms with van der Waals surface area (Å²) < 4.78 is 13.2. The summed E-state index contributed by atoms with van der Waals surface area (Å²) in [6.45, 7) is 6.25. The maximum absolute atomic E-state index is 13.1. The number of aromatic nitrogens is 2. The summed E-state index contributed by atoms with van der Waals surface area (Å²) in [4.78, 5) is 17.8. The lowest BCUT2D eigenvalue weighted by Crippen LogP contribution is -2.23. The van der Waals surface area contributed by atoms with E-state index in [4.69, 9.17) is 21.1 Å². The number of nitrogens with zero attached hydrogens (tertiary/aromatic N) is 3. The zero-order valence-electron chi connectivity index (χ0n) is 16.6. The molecule has 0 aliphatic carbocycles. The molecule has 0 fully saturated rings. The first-order valence-corrected chi connectivity index (χ1v) is 10.3. The number of halogens is 2. The van der Waals surface area contributed by atoms with Gasteiger partial charge < -0.3 is 9.47 Å². The van der Waals surface area contributed by atoms with Crippen molar-refractivity contribution in [2.45, 2.75) is 26.7 Å². The Balaban J connectivity index is 2.21. The summed E-state index contributed by atoms with van der Waals surface area (Å²) in [7, 11) is 1.54. The third kappa shape index (κ3) is 4.46. The Morgan fingerprint density at radius 1 is 1.31 bits per heavy atom. The van der Waals surface area contributed by atoms with Crippen LogP contribution >= 0.6 is 27.5 Å². The predicted molar refractivity (Wildman–Crippen MR) is 120 cm³/mol. The van der Waals surface area contributed by atoms with Gasteiger partial charge in [-0.15, -0.1) is 0 Å². The standard InChI is InChI=1S/C21H21BrClN3O3/c1-5-29-19-13(8-15(23)10-18(19)28-4)11-24-26-20(12(2)3)25-17-7-6-14(22)9-16(17)21(26)27/h6-12H,5H2,1-4H3. The van der Waals surface area contributed by atoms with Gasteiger partial charge in [-0.3, -0.25) is 4.79 Å². The molecule has 3 rings (SSSR count). The van der Waals surface area contributed by atoms with Crippen molar-refractivity contribution in [3.8, 4) is 11.5 Å². The van der Waals surface area contributed by atoms with Crippen molar-refractivity contribution in [2.24, 2.45) is 5.10 Å². The van der Waals surface area contributed by atoms with E-state index >= 15 is 0 Å². The topological polar surface area (TPSA) is 65.7 Å². The van der Waals surface area contributed by atoms with Crippen LogP contribution in [-0.4, -0.2) is 29.6 Å². The minimum Gasteiger partial charge on any atom is -0.493 e. The van der Waals surface area contributed by atoms with Crippen LogP contribution in [0.25, 0.3) is 10.9 Å². The predicted octanol–water partition coefficient (Wildman–Crippen LogP) is 5.23. The molecule has 2 aromatic carbocycles. The van der Waals surface area contributed by atoms with Crippen LogP contribution < -0.4 is 15.0 Å². The third-order valence-corrected chi connectivity index (χ3v) is 4.93. The van der Waals surface area contributed by atoms with E-state index in [2.05, 4.69) is 26.0 Å². The summed E-state index contributed by atoms with van der Waals surface area (Å²) in [6, 6.07) is 8.80. The van der Waals surface area contributed by atoms with Crippen LogP contribution in [0.1, 0.15) is 38.1 Å². The Labute approximate surface area is 182 Å². The Bertz CT molecular complexity index is 1140. The van der Waals surface area contributed by atoms with Crippen molar-refractivity contribution in [1.82, 2.24) is 9.66 Å². The van der Waals surface area contributed by atoms with Gasteiger partial charge in [0, 0.05) is 27.0 Å². The van der Waals surface area contributed by atoms with Crippen LogP contribution in [0, 0.1) is 0 Å². The number of rotatable bonds is 6. The van der Waals surface area contributed by atoms with Gasteiger partial charge in [0.2, 0.25) is 0 Å². The fourth-order valence-corrected chi connectivity index (χ4v) is 3.48. The van der Waals surface area contributed by atoms with Gasteiger partial charge in [-0.1, -0.05) is 41.4 Å². The van der Waals surface area contributed by atoms with Crippen molar-refractivity contribution in [2.75, 3.05) is 13.7 Å². The number of benzene rings is 2. The molecule has 0 atom stereocenters. The fourth-order valence-electron chi connectivity index (χ4n) is 2.91. The van der Waals surface area contributed by atoms with Crippen LogP contribution in [0.2, 0.25) is 5.02 Å². The second-order valence-electron chi connectivity index (χ2n) is 6.61. The van der Waals surface area contributed by atoms with Gasteiger partial charge in [0.25, 0.3) is 5.56 Å². The monoisotopic (exact) mass is 477 g/mol. The van der Waals surface area contributed by atoms with Gasteiger partial charge in [0.1, 0.15) is 5.82 Å². The number of hydrogen-bond acceptors (Lipinski definition) is 5. The first kappa shape index (κ1) is 21.3. The van der Waals surface area contributed by atoms with E-state index in [1.807, 2.05) is 32.9 Å². The van der Waals surface area contributed by atoms with E-state index in [1.165, 1.54) is 10.9 Å². The summed E-state index contributed by atoms with van der Waals surface area (Å²) in [5, 5.41) is 5.40. The van der Waals surface area contributed by atoms with E-state index in [0.717, 1.165) is 4.47 Å². The molecule has 0 unspecified atom stereocenters. The zero-order chi connectivity index (χ0) is 21.1. The first-order chi connectivity index (χ1) is 13.8. The van der Waals surface area contributed by atoms with Crippen LogP contribution in [-0.2, 0) is 0 Å². The molecule has 29 heavy (non-hydrogen) atoms. The molecule has 0 amide bonds. The van der Waals surface area contributed by atoms with Crippen molar-refractivity contribution in [1.29, 1.82) is 0 Å². The van der Waals surface area contributed by atoms with Gasteiger partial charge in [-0.25, -0.2) is 4.98 Å². The highest BCUT2D eigenvalue weighted by molar-refractivity contribution is 9.10. The zero-order valence-corrected chi connectivity index (χ0v) is 18.9. The molecule has 1 aromatic heterocycles. The quantitative estimate of drug-likeness (QED) is 0.455. The molecule has 0 radical (unpaired) electrons. The van der Waals surface area contributed by atoms with Crippen molar-refractivity contribution >= 4 is 44.6 Å². The van der Waals surface area contributed by atoms with Crippen molar-refractivity contribution < 1.29 is 9.47 Å². The maximum Gasteiger partial charge on any atom is 0.282 e. The second kappa shape index (κ2) is 8.97. The Hall–Kier alpha value is -2.38. The molecule has 0 saturated heterocycles. The third-order valence-electron chi connectivity index (χ3n) is 4.22. The minimum absolute atomic E-state index is 0.00634. The molecule has 0 saturated carbocycles. The largest absolute Gasteiger partial charge is 0.493 e. The molecule has 0 aliphatic rings. The summed E-state index contributed by atoms with van der Waals surface area (Å²) in [5.41, 5.74) is 0.989. The van der Waals surface area contributed by atoms with Gasteiger partial charge in [0.05, 0.1) is 30.8 Å². The second-order valence-corrected chi connectivity index (χ2v) is 7.96. The average molecular weight is 479 g/mol. The van der Waals surface area contributed by atoms with Crippen molar-refractivity contribution in [3.05, 3.63) is 61.6 Å². The smallest absolute Gasteiger partial charge is 0.282 e. The Morgan fingerprint density at radius 3 is 2.72 bits per heavy atom. The summed E-state index contributed by atoms with van der Waals surface area (Å²) in [6.07, 6.45) is 1.54. The van der Waals surface area contributed by atoms with Gasteiger partial charge in [-0.05, 0) is 31.2 Å². The average Bonchev–Trinajstić information content (AvgIpc) is 2.68. The normalized spacial score (nSPS) is 11.6. The molecule has 3 aromatic rings. The molecule has 0 N–H and O–H groups in total. The lowest BCUT2D eigenvalue weighted by Gasteiger charge is -2.14. The van der Waals surface area contributed by atoms with Crippen LogP contribution in [0.5, 0.6) is 11.5 Å². The Morgan fingerprint density at radius 2 is 2.07 bits per heavy atom. The fraction of sp³-hybridized carbons (Fsp3) is 0.286. The Kier molecular flexibility index (Phi) is 6.59. The molecule has 0 aliphatic heterocycles. The molecule has 8 heteroatoms. The van der Waals surface area contributed by atoms with Crippen LogP contribution in [0.15, 0.2) is 44.7 Å². The van der Waals surface area contributed by atoms with E-state index < -0.39 is 0 Å². The highest BCUT2D eigenvalue weighted by Gasteiger charge is 2.15. The number of methoxy groups -OCH3 is 1. The highest BCUT2D eigenvalue weighted by atomic mass is 79.9. The number of fused-ring (bicyclic) bond motifs is 1. The highest BCUT2D eigenvalue weighted by Crippen LogP contribution is 2.34. The summed E-state index contributed by atoms with van der Waals surface area (Å²) >= 11 is 9.61. The van der Waals surface area contributed by atoms with Crippen molar-refractivity contribution in [3.63, 3.8) is 0 Å². The summed E-state index contributed by atoms with van der Waals surface area (Å²) in [5.74, 6) is 1.57. The SMILES string of the molecule is CCOc1c(C=Nn2c(C(C)C)nc3ccc(Br)cc3c2=O)cc(Cl)cc1OC. The number of ether oxygens (including phenoxy) is 2. The van der Waals surface area contributed by atoms with Gasteiger partial charge in [0.15, 0.2) is 11.5 Å². The molecular weight excluding hydrogens is 458 g/mol. The van der Waals surface area contributed by atoms with E-state index in [0.29, 0.717) is 45.4 Å². The van der Waals surface area contributed by atoms with E-state index in [-0.39, 0.29) is 11.5 Å². The van der Waals surface area contributed by atoms with Crippen LogP contribution in [0.4, 0.5) is 0 Å². The molecule has 1 heterocycles. The first-order valence-electron chi connectivity index (χ1n) is 9.12. The van der Waals surface area contributed by atoms with Gasteiger partial charge >= 0.3 is 0 Å². The molecular formula is C21H21BrClN3O3. The molecule has 0 bridgehead atoms. The minimum atomic E-state index is -0.247.